The van der Waals surface area contributed by atoms with Crippen molar-refractivity contribution in [3.05, 3.63) is 0 Å². The van der Waals surface area contributed by atoms with E-state index in [0.29, 0.717) is 13.6 Å². The van der Waals surface area contributed by atoms with E-state index >= 15 is 0 Å². The van der Waals surface area contributed by atoms with Crippen LogP contribution in [0, 0.1) is 10.8 Å². The molecule has 3 nitrogen and oxygen atoms in total. The molecular formula is C7H14BNO2. The minimum absolute atomic E-state index is 0.0122. The summed E-state index contributed by atoms with van der Waals surface area (Å²) >= 11 is 0. The molecular weight excluding hydrogens is 141 g/mol. The topological polar surface area (TPSA) is 61.1 Å². The van der Waals surface area contributed by atoms with Crippen molar-refractivity contribution < 1.29 is 9.81 Å². The van der Waals surface area contributed by atoms with Gasteiger partial charge in [-0.15, -0.1) is 0 Å². The molecule has 0 aliphatic rings. The molecule has 0 heterocycles. The fraction of sp³-hybridized carbons (Fsp3) is 0.857. The van der Waals surface area contributed by atoms with Gasteiger partial charge in [-0.25, -0.2) is 0 Å². The van der Waals surface area contributed by atoms with E-state index in [0.717, 1.165) is 6.42 Å². The van der Waals surface area contributed by atoms with Crippen molar-refractivity contribution in [2.75, 3.05) is 6.61 Å². The number of aliphatic hydroxyl groups excluding tert-OH is 1. The number of aliphatic hydroxyl groups is 1. The second kappa shape index (κ2) is 4.39. The molecule has 4 heteroatoms. The molecule has 0 aromatic rings. The van der Waals surface area contributed by atoms with Gasteiger partial charge in [0.15, 0.2) is 0 Å². The maximum absolute atomic E-state index is 10.2. The van der Waals surface area contributed by atoms with Crippen LogP contribution in [-0.2, 0) is 4.70 Å². The molecule has 0 saturated carbocycles. The Hall–Kier alpha value is -0.505. The second-order valence-corrected chi connectivity index (χ2v) is 3.00. The van der Waals surface area contributed by atoms with Crippen LogP contribution < -0.4 is 0 Å². The molecule has 0 radical (unpaired) electrons. The molecule has 11 heavy (non-hydrogen) atoms. The Labute approximate surface area is 67.6 Å². The van der Waals surface area contributed by atoms with Crippen molar-refractivity contribution >= 4 is 12.8 Å². The van der Waals surface area contributed by atoms with E-state index in [1.807, 2.05) is 6.92 Å². The van der Waals surface area contributed by atoms with E-state index in [1.54, 1.807) is 6.92 Å². The van der Waals surface area contributed by atoms with Gasteiger partial charge in [-0.1, -0.05) is 0 Å². The maximum atomic E-state index is 10.2. The molecule has 0 fully saturated rings. The van der Waals surface area contributed by atoms with Crippen molar-refractivity contribution in [2.45, 2.75) is 26.7 Å². The third-order valence-corrected chi connectivity index (χ3v) is 1.92. The summed E-state index contributed by atoms with van der Waals surface area (Å²) in [6, 6.07) is 0. The van der Waals surface area contributed by atoms with E-state index in [4.69, 9.17) is 10.5 Å². The first-order chi connectivity index (χ1) is 5.10. The van der Waals surface area contributed by atoms with Crippen LogP contribution in [0.15, 0.2) is 0 Å². The SMILES string of the molecule is CCC[C@@](C)(CO)C(=N)B=O. The third kappa shape index (κ3) is 2.54. The first-order valence-corrected chi connectivity index (χ1v) is 3.75. The van der Waals surface area contributed by atoms with Gasteiger partial charge in [0.1, 0.15) is 0 Å². The van der Waals surface area contributed by atoms with Crippen molar-refractivity contribution in [2.24, 2.45) is 5.41 Å². The Morgan fingerprint density at radius 3 is 2.55 bits per heavy atom. The van der Waals surface area contributed by atoms with Gasteiger partial charge in [-0.05, 0) is 0 Å². The van der Waals surface area contributed by atoms with Gasteiger partial charge < -0.3 is 0 Å². The summed E-state index contributed by atoms with van der Waals surface area (Å²) in [5, 5.41) is 16.2. The zero-order valence-corrected chi connectivity index (χ0v) is 7.05. The number of nitrogens with one attached hydrogen (secondary N) is 1. The molecule has 0 aliphatic heterocycles. The fourth-order valence-corrected chi connectivity index (χ4v) is 0.993. The van der Waals surface area contributed by atoms with Crippen molar-refractivity contribution in [3.8, 4) is 0 Å². The summed E-state index contributed by atoms with van der Waals surface area (Å²) in [4.78, 5) is 0. The van der Waals surface area contributed by atoms with Crippen LogP contribution in [0.2, 0.25) is 0 Å². The normalized spacial score (nSPS) is 15.2. The van der Waals surface area contributed by atoms with E-state index in [9.17, 15) is 4.70 Å². The van der Waals surface area contributed by atoms with Gasteiger partial charge in [0, 0.05) is 0 Å². The molecule has 2 N–H and O–H groups in total. The van der Waals surface area contributed by atoms with E-state index in [-0.39, 0.29) is 12.2 Å². The Bertz CT molecular complexity index is 161. The first-order valence-electron chi connectivity index (χ1n) is 3.75. The molecule has 0 aromatic carbocycles. The molecule has 0 spiro atoms. The van der Waals surface area contributed by atoms with Gasteiger partial charge in [0.05, 0.1) is 0 Å². The first kappa shape index (κ1) is 10.5. The van der Waals surface area contributed by atoms with Crippen LogP contribution in [0.5, 0.6) is 0 Å². The molecule has 62 valence electrons. The van der Waals surface area contributed by atoms with Crippen molar-refractivity contribution in [3.63, 3.8) is 0 Å². The molecule has 0 amide bonds. The third-order valence-electron chi connectivity index (χ3n) is 1.92. The molecule has 0 bridgehead atoms. The number of hydrogen-bond donors (Lipinski definition) is 2. The van der Waals surface area contributed by atoms with Gasteiger partial charge in [-0.2, -0.15) is 0 Å². The van der Waals surface area contributed by atoms with Crippen LogP contribution in [0.1, 0.15) is 26.7 Å². The van der Waals surface area contributed by atoms with Gasteiger partial charge in [0.2, 0.25) is 0 Å². The molecule has 0 unspecified atom stereocenters. The fourth-order valence-electron chi connectivity index (χ4n) is 0.993. The van der Waals surface area contributed by atoms with Gasteiger partial charge in [0.25, 0.3) is 0 Å². The molecule has 0 saturated heterocycles. The van der Waals surface area contributed by atoms with Gasteiger partial charge in [-0.3, -0.25) is 0 Å². The standard InChI is InChI=1S/C7H14BNO2/c1-3-4-7(2,5-10)6(9)8-11/h9-10H,3-5H2,1-2H3/t7-/m0/s1. The quantitative estimate of drug-likeness (QED) is 0.455. The summed E-state index contributed by atoms with van der Waals surface area (Å²) in [6.45, 7) is 3.57. The zero-order chi connectivity index (χ0) is 8.91. The predicted octanol–water partition coefficient (Wildman–Crippen LogP) is 0.812. The van der Waals surface area contributed by atoms with Gasteiger partial charge >= 0.3 is 66.7 Å². The predicted molar refractivity (Wildman–Crippen MR) is 44.3 cm³/mol. The van der Waals surface area contributed by atoms with E-state index < -0.39 is 5.41 Å². The monoisotopic (exact) mass is 155 g/mol. The van der Waals surface area contributed by atoms with Crippen LogP contribution >= 0.6 is 0 Å². The van der Waals surface area contributed by atoms with Crippen LogP contribution in [0.4, 0.5) is 0 Å². The molecule has 0 aromatic heterocycles. The summed E-state index contributed by atoms with van der Waals surface area (Å²) in [6.07, 6.45) is 1.55. The average molecular weight is 155 g/mol. The Balaban J connectivity index is 4.31. The van der Waals surface area contributed by atoms with E-state index in [2.05, 4.69) is 0 Å². The molecule has 0 aliphatic carbocycles. The van der Waals surface area contributed by atoms with Crippen molar-refractivity contribution in [1.29, 1.82) is 5.41 Å². The Kier molecular flexibility index (Phi) is 4.19. The van der Waals surface area contributed by atoms with Crippen LogP contribution in [-0.4, -0.2) is 24.5 Å². The number of rotatable bonds is 5. The summed E-state index contributed by atoms with van der Waals surface area (Å²) in [7, 11) is 0.506. The Morgan fingerprint density at radius 2 is 2.27 bits per heavy atom. The molecule has 1 atom stereocenters. The zero-order valence-electron chi connectivity index (χ0n) is 7.05. The van der Waals surface area contributed by atoms with Crippen LogP contribution in [0.3, 0.4) is 0 Å². The summed E-state index contributed by atoms with van der Waals surface area (Å²) < 4.78 is 10.2. The Morgan fingerprint density at radius 1 is 1.73 bits per heavy atom. The van der Waals surface area contributed by atoms with E-state index in [1.165, 1.54) is 0 Å². The second-order valence-electron chi connectivity index (χ2n) is 3.00. The summed E-state index contributed by atoms with van der Waals surface area (Å²) in [5.41, 5.74) is -0.641. The minimum atomic E-state index is -0.628. The van der Waals surface area contributed by atoms with Crippen molar-refractivity contribution in [1.82, 2.24) is 0 Å². The summed E-state index contributed by atoms with van der Waals surface area (Å²) in [5.74, 6) is 0. The molecule has 0 rings (SSSR count). The van der Waals surface area contributed by atoms with Crippen LogP contribution in [0.25, 0.3) is 0 Å². The number of hydrogen-bond acceptors (Lipinski definition) is 3. The average Bonchev–Trinajstić information content (AvgIpc) is 2.03.